The summed E-state index contributed by atoms with van der Waals surface area (Å²) in [5.74, 6) is 0.856. The Morgan fingerprint density at radius 1 is 0.900 bits per heavy atom. The number of amides is 1. The van der Waals surface area contributed by atoms with Gasteiger partial charge < -0.3 is 19.7 Å². The summed E-state index contributed by atoms with van der Waals surface area (Å²) in [7, 11) is 0. The van der Waals surface area contributed by atoms with Gasteiger partial charge in [-0.2, -0.15) is 0 Å². The molecule has 0 unspecified atom stereocenters. The van der Waals surface area contributed by atoms with Crippen LogP contribution in [0.1, 0.15) is 17.2 Å². The summed E-state index contributed by atoms with van der Waals surface area (Å²) in [6.07, 6.45) is 0. The van der Waals surface area contributed by atoms with Gasteiger partial charge >= 0.3 is 0 Å². The molecule has 3 aromatic carbocycles. The van der Waals surface area contributed by atoms with Crippen molar-refractivity contribution in [2.75, 3.05) is 31.6 Å². The lowest BCUT2D eigenvalue weighted by Crippen LogP contribution is -2.44. The van der Waals surface area contributed by atoms with Gasteiger partial charge in [-0.25, -0.2) is 0 Å². The molecule has 5 heteroatoms. The lowest BCUT2D eigenvalue weighted by Gasteiger charge is -2.31. The number of carbonyl (C=O) groups excluding carboxylic acids is 1. The summed E-state index contributed by atoms with van der Waals surface area (Å²) in [5.41, 5.74) is 2.94. The zero-order chi connectivity index (χ0) is 20.6. The number of hydrogen-bond acceptors (Lipinski definition) is 4. The van der Waals surface area contributed by atoms with Crippen LogP contribution < -0.4 is 10.1 Å². The van der Waals surface area contributed by atoms with Crippen LogP contribution >= 0.6 is 0 Å². The van der Waals surface area contributed by atoms with Crippen LogP contribution in [-0.4, -0.2) is 37.1 Å². The zero-order valence-electron chi connectivity index (χ0n) is 16.9. The molecular weight excluding hydrogens is 376 g/mol. The van der Waals surface area contributed by atoms with Gasteiger partial charge in [-0.15, -0.1) is 0 Å². The van der Waals surface area contributed by atoms with Crippen molar-refractivity contribution in [2.24, 2.45) is 0 Å². The largest absolute Gasteiger partial charge is 0.489 e. The molecule has 1 atom stereocenters. The minimum Gasteiger partial charge on any atom is -0.489 e. The molecule has 154 valence electrons. The average Bonchev–Trinajstić information content (AvgIpc) is 2.83. The second-order valence-corrected chi connectivity index (χ2v) is 7.22. The summed E-state index contributed by atoms with van der Waals surface area (Å²) in [4.78, 5) is 15.1. The fraction of sp³-hybridized carbons (Fsp3) is 0.240. The Morgan fingerprint density at radius 3 is 2.20 bits per heavy atom. The van der Waals surface area contributed by atoms with Gasteiger partial charge in [0.2, 0.25) is 5.91 Å². The highest BCUT2D eigenvalue weighted by Crippen LogP contribution is 2.24. The standard InChI is InChI=1S/C25H26N2O3/c28-25(27-15-17-29-18-16-27)24(21-9-5-2-6-10-21)26-22-11-13-23(14-12-22)30-19-20-7-3-1-4-8-20/h1-14,24,26H,15-19H2/t24-/m1/s1. The van der Waals surface area contributed by atoms with Crippen molar-refractivity contribution in [3.63, 3.8) is 0 Å². The highest BCUT2D eigenvalue weighted by Gasteiger charge is 2.27. The molecule has 0 bridgehead atoms. The Bertz CT molecular complexity index is 924. The predicted molar refractivity (Wildman–Crippen MR) is 117 cm³/mol. The molecule has 1 aliphatic heterocycles. The first-order valence-electron chi connectivity index (χ1n) is 10.2. The minimum absolute atomic E-state index is 0.0638. The minimum atomic E-state index is -0.444. The summed E-state index contributed by atoms with van der Waals surface area (Å²) in [6, 6.07) is 27.2. The van der Waals surface area contributed by atoms with Crippen molar-refractivity contribution < 1.29 is 14.3 Å². The van der Waals surface area contributed by atoms with Gasteiger partial charge in [-0.1, -0.05) is 60.7 Å². The molecule has 0 radical (unpaired) electrons. The van der Waals surface area contributed by atoms with E-state index in [1.165, 1.54) is 0 Å². The summed E-state index contributed by atoms with van der Waals surface area (Å²) in [6.45, 7) is 2.93. The Balaban J connectivity index is 1.45. The van der Waals surface area contributed by atoms with E-state index >= 15 is 0 Å². The topological polar surface area (TPSA) is 50.8 Å². The number of morpholine rings is 1. The van der Waals surface area contributed by atoms with Crippen molar-refractivity contribution in [2.45, 2.75) is 12.6 Å². The zero-order valence-corrected chi connectivity index (χ0v) is 16.9. The van der Waals surface area contributed by atoms with E-state index in [1.807, 2.05) is 89.8 Å². The first-order valence-corrected chi connectivity index (χ1v) is 10.2. The third-order valence-corrected chi connectivity index (χ3v) is 5.12. The molecule has 1 amide bonds. The van der Waals surface area contributed by atoms with Gasteiger partial charge in [0.05, 0.1) is 13.2 Å². The number of nitrogens with zero attached hydrogens (tertiary/aromatic N) is 1. The Kier molecular flexibility index (Phi) is 6.62. The number of nitrogens with one attached hydrogen (secondary N) is 1. The van der Waals surface area contributed by atoms with Crippen LogP contribution in [0.15, 0.2) is 84.9 Å². The van der Waals surface area contributed by atoms with Crippen molar-refractivity contribution in [1.82, 2.24) is 4.90 Å². The highest BCUT2D eigenvalue weighted by molar-refractivity contribution is 5.86. The van der Waals surface area contributed by atoms with Gasteiger partial charge in [-0.3, -0.25) is 4.79 Å². The van der Waals surface area contributed by atoms with Crippen LogP contribution in [-0.2, 0) is 16.1 Å². The molecule has 0 spiro atoms. The molecule has 5 nitrogen and oxygen atoms in total. The van der Waals surface area contributed by atoms with Crippen LogP contribution in [0.25, 0.3) is 0 Å². The molecule has 0 aromatic heterocycles. The summed E-state index contributed by atoms with van der Waals surface area (Å²) in [5, 5.41) is 3.41. The van der Waals surface area contributed by atoms with Crippen molar-refractivity contribution in [1.29, 1.82) is 0 Å². The molecule has 0 aliphatic carbocycles. The lowest BCUT2D eigenvalue weighted by atomic mass is 10.0. The maximum Gasteiger partial charge on any atom is 0.249 e. The Labute approximate surface area is 177 Å². The monoisotopic (exact) mass is 402 g/mol. The van der Waals surface area contributed by atoms with Crippen LogP contribution in [0.2, 0.25) is 0 Å². The van der Waals surface area contributed by atoms with Crippen LogP contribution in [0.5, 0.6) is 5.75 Å². The second-order valence-electron chi connectivity index (χ2n) is 7.22. The fourth-order valence-electron chi connectivity index (χ4n) is 3.45. The summed E-state index contributed by atoms with van der Waals surface area (Å²) >= 11 is 0. The highest BCUT2D eigenvalue weighted by atomic mass is 16.5. The molecule has 3 aromatic rings. The number of benzene rings is 3. The van der Waals surface area contributed by atoms with E-state index in [4.69, 9.17) is 9.47 Å². The van der Waals surface area contributed by atoms with E-state index in [2.05, 4.69) is 5.32 Å². The number of carbonyl (C=O) groups is 1. The molecular formula is C25H26N2O3. The first kappa shape index (κ1) is 20.0. The van der Waals surface area contributed by atoms with E-state index < -0.39 is 6.04 Å². The van der Waals surface area contributed by atoms with E-state index in [9.17, 15) is 4.79 Å². The van der Waals surface area contributed by atoms with Gasteiger partial charge in [-0.05, 0) is 35.4 Å². The van der Waals surface area contributed by atoms with E-state index in [1.54, 1.807) is 0 Å². The second kappa shape index (κ2) is 9.94. The predicted octanol–water partition coefficient (Wildman–Crippen LogP) is 4.28. The Hall–Kier alpha value is -3.31. The number of hydrogen-bond donors (Lipinski definition) is 1. The lowest BCUT2D eigenvalue weighted by molar-refractivity contribution is -0.136. The SMILES string of the molecule is O=C([C@H](Nc1ccc(OCc2ccccc2)cc1)c1ccccc1)N1CCOCC1. The summed E-state index contributed by atoms with van der Waals surface area (Å²) < 4.78 is 11.3. The molecule has 1 fully saturated rings. The molecule has 1 saturated heterocycles. The van der Waals surface area contributed by atoms with Crippen LogP contribution in [0.4, 0.5) is 5.69 Å². The van der Waals surface area contributed by atoms with E-state index in [-0.39, 0.29) is 5.91 Å². The van der Waals surface area contributed by atoms with Gasteiger partial charge in [0.25, 0.3) is 0 Å². The van der Waals surface area contributed by atoms with Crippen LogP contribution in [0.3, 0.4) is 0 Å². The Morgan fingerprint density at radius 2 is 1.53 bits per heavy atom. The maximum absolute atomic E-state index is 13.2. The van der Waals surface area contributed by atoms with Crippen molar-refractivity contribution >= 4 is 11.6 Å². The van der Waals surface area contributed by atoms with E-state index in [0.717, 1.165) is 22.6 Å². The van der Waals surface area contributed by atoms with Gasteiger partial charge in [0.1, 0.15) is 18.4 Å². The quantitative estimate of drug-likeness (QED) is 0.641. The molecule has 30 heavy (non-hydrogen) atoms. The molecule has 1 heterocycles. The van der Waals surface area contributed by atoms with Gasteiger partial charge in [0, 0.05) is 18.8 Å². The average molecular weight is 402 g/mol. The third kappa shape index (κ3) is 5.19. The fourth-order valence-corrected chi connectivity index (χ4v) is 3.45. The normalized spacial score (nSPS) is 14.7. The third-order valence-electron chi connectivity index (χ3n) is 5.12. The maximum atomic E-state index is 13.2. The van der Waals surface area contributed by atoms with Gasteiger partial charge in [0.15, 0.2) is 0 Å². The number of ether oxygens (including phenoxy) is 2. The smallest absolute Gasteiger partial charge is 0.249 e. The number of anilines is 1. The molecule has 1 aliphatic rings. The van der Waals surface area contributed by atoms with Crippen molar-refractivity contribution in [3.05, 3.63) is 96.1 Å². The first-order chi connectivity index (χ1) is 14.8. The molecule has 0 saturated carbocycles. The molecule has 1 N–H and O–H groups in total. The van der Waals surface area contributed by atoms with E-state index in [0.29, 0.717) is 32.9 Å². The number of rotatable bonds is 7. The molecule has 4 rings (SSSR count). The van der Waals surface area contributed by atoms with Crippen molar-refractivity contribution in [3.8, 4) is 5.75 Å². The van der Waals surface area contributed by atoms with Crippen LogP contribution in [0, 0.1) is 0 Å².